The van der Waals surface area contributed by atoms with Crippen LogP contribution in [0.2, 0.25) is 5.02 Å². The summed E-state index contributed by atoms with van der Waals surface area (Å²) in [5, 5.41) is 17.3. The molecule has 0 aliphatic carbocycles. The van der Waals surface area contributed by atoms with E-state index in [9.17, 15) is 4.79 Å². The van der Waals surface area contributed by atoms with E-state index in [1.165, 1.54) is 6.92 Å². The van der Waals surface area contributed by atoms with Crippen molar-refractivity contribution in [1.82, 2.24) is 20.2 Å². The van der Waals surface area contributed by atoms with Gasteiger partial charge >= 0.3 is 0 Å². The first-order valence-corrected chi connectivity index (χ1v) is 9.28. The second-order valence-corrected chi connectivity index (χ2v) is 7.17. The number of halogens is 1. The van der Waals surface area contributed by atoms with Crippen molar-refractivity contribution in [2.24, 2.45) is 5.10 Å². The van der Waals surface area contributed by atoms with Gasteiger partial charge in [-0.15, -0.1) is 5.10 Å². The first kappa shape index (κ1) is 19.1. The van der Waals surface area contributed by atoms with Crippen LogP contribution in [0.5, 0.6) is 0 Å². The summed E-state index contributed by atoms with van der Waals surface area (Å²) < 4.78 is 1.56. The topological polar surface area (TPSA) is 85.1 Å². The second-order valence-electron chi connectivity index (χ2n) is 5.81. The van der Waals surface area contributed by atoms with Gasteiger partial charge in [0.2, 0.25) is 5.16 Å². The summed E-state index contributed by atoms with van der Waals surface area (Å²) in [4.78, 5) is 12.0. The molecular weight excluding hydrogens is 384 g/mol. The van der Waals surface area contributed by atoms with Crippen molar-refractivity contribution < 1.29 is 4.79 Å². The number of tetrazole rings is 1. The minimum Gasteiger partial charge on any atom is -0.292 e. The molecule has 1 N–H and O–H groups in total. The molecule has 3 aromatic rings. The highest BCUT2D eigenvalue weighted by Gasteiger charge is 2.16. The van der Waals surface area contributed by atoms with Crippen molar-refractivity contribution in [2.75, 3.05) is 5.43 Å². The molecule has 0 amide bonds. The van der Waals surface area contributed by atoms with Gasteiger partial charge in [-0.2, -0.15) is 9.78 Å². The van der Waals surface area contributed by atoms with Crippen LogP contribution in [0, 0.1) is 13.8 Å². The maximum Gasteiger partial charge on any atom is 0.220 e. The summed E-state index contributed by atoms with van der Waals surface area (Å²) in [6.07, 6.45) is 0. The SMILES string of the molecule is CC(=O)/C(=N\Nc1cccc(Cl)c1C)Sc1nnnn1-c1ccc(C)cc1. The van der Waals surface area contributed by atoms with Crippen LogP contribution in [0.4, 0.5) is 5.69 Å². The molecule has 0 fully saturated rings. The number of aryl methyl sites for hydroxylation is 1. The minimum atomic E-state index is -0.203. The Balaban J connectivity index is 1.85. The quantitative estimate of drug-likeness (QED) is 0.301. The summed E-state index contributed by atoms with van der Waals surface area (Å²) in [6.45, 7) is 5.32. The van der Waals surface area contributed by atoms with Crippen LogP contribution >= 0.6 is 23.4 Å². The van der Waals surface area contributed by atoms with Gasteiger partial charge < -0.3 is 0 Å². The molecule has 7 nitrogen and oxygen atoms in total. The van der Waals surface area contributed by atoms with Crippen molar-refractivity contribution in [3.63, 3.8) is 0 Å². The summed E-state index contributed by atoms with van der Waals surface area (Å²) in [6, 6.07) is 13.2. The van der Waals surface area contributed by atoms with Crippen LogP contribution in [0.25, 0.3) is 5.69 Å². The van der Waals surface area contributed by atoms with Crippen LogP contribution in [0.15, 0.2) is 52.7 Å². The van der Waals surface area contributed by atoms with Gasteiger partial charge in [-0.3, -0.25) is 10.2 Å². The van der Waals surface area contributed by atoms with Gasteiger partial charge in [0.25, 0.3) is 0 Å². The van der Waals surface area contributed by atoms with Gasteiger partial charge in [0.05, 0.1) is 11.4 Å². The van der Waals surface area contributed by atoms with E-state index in [1.54, 1.807) is 10.7 Å². The number of nitrogens with zero attached hydrogens (tertiary/aromatic N) is 5. The number of anilines is 1. The Bertz CT molecular complexity index is 999. The molecule has 0 radical (unpaired) electrons. The van der Waals surface area contributed by atoms with E-state index in [-0.39, 0.29) is 10.8 Å². The average Bonchev–Trinajstić information content (AvgIpc) is 3.10. The number of hydrazone groups is 1. The van der Waals surface area contributed by atoms with E-state index in [2.05, 4.69) is 26.1 Å². The first-order valence-electron chi connectivity index (χ1n) is 8.08. The third-order valence-electron chi connectivity index (χ3n) is 3.75. The number of hydrogen-bond donors (Lipinski definition) is 1. The number of rotatable bonds is 5. The molecule has 3 rings (SSSR count). The van der Waals surface area contributed by atoms with Gasteiger partial charge in [0.15, 0.2) is 10.8 Å². The fourth-order valence-corrected chi connectivity index (χ4v) is 3.08. The highest BCUT2D eigenvalue weighted by molar-refractivity contribution is 8.15. The third-order valence-corrected chi connectivity index (χ3v) is 5.17. The Labute approximate surface area is 165 Å². The Morgan fingerprint density at radius 2 is 1.93 bits per heavy atom. The highest BCUT2D eigenvalue weighted by Crippen LogP contribution is 2.24. The molecular formula is C18H17ClN6OS. The monoisotopic (exact) mass is 400 g/mol. The molecule has 0 saturated carbocycles. The lowest BCUT2D eigenvalue weighted by Gasteiger charge is -2.08. The van der Waals surface area contributed by atoms with Crippen LogP contribution in [-0.2, 0) is 4.79 Å². The molecule has 0 saturated heterocycles. The van der Waals surface area contributed by atoms with Gasteiger partial charge in [-0.25, -0.2) is 0 Å². The van der Waals surface area contributed by atoms with Gasteiger partial charge in [0, 0.05) is 11.9 Å². The van der Waals surface area contributed by atoms with E-state index < -0.39 is 0 Å². The zero-order valence-electron chi connectivity index (χ0n) is 15.0. The molecule has 0 aliphatic heterocycles. The second kappa shape index (κ2) is 8.32. The van der Waals surface area contributed by atoms with E-state index in [4.69, 9.17) is 11.6 Å². The molecule has 0 aliphatic rings. The number of thioether (sulfide) groups is 1. The minimum absolute atomic E-state index is 0.203. The molecule has 9 heteroatoms. The number of nitrogens with one attached hydrogen (secondary N) is 1. The Morgan fingerprint density at radius 1 is 1.19 bits per heavy atom. The maximum absolute atomic E-state index is 12.0. The van der Waals surface area contributed by atoms with Crippen molar-refractivity contribution in [3.05, 3.63) is 58.6 Å². The zero-order chi connectivity index (χ0) is 19.4. The van der Waals surface area contributed by atoms with Crippen LogP contribution in [0.1, 0.15) is 18.1 Å². The predicted molar refractivity (Wildman–Crippen MR) is 108 cm³/mol. The fraction of sp³-hybridized carbons (Fsp3) is 0.167. The summed E-state index contributed by atoms with van der Waals surface area (Å²) in [7, 11) is 0. The zero-order valence-corrected chi connectivity index (χ0v) is 16.5. The lowest BCUT2D eigenvalue weighted by molar-refractivity contribution is -0.110. The van der Waals surface area contributed by atoms with E-state index in [1.807, 2.05) is 50.2 Å². The van der Waals surface area contributed by atoms with Crippen molar-refractivity contribution in [1.29, 1.82) is 0 Å². The van der Waals surface area contributed by atoms with Crippen molar-refractivity contribution in [2.45, 2.75) is 25.9 Å². The smallest absolute Gasteiger partial charge is 0.220 e. The molecule has 0 spiro atoms. The van der Waals surface area contributed by atoms with Crippen LogP contribution in [0.3, 0.4) is 0 Å². The number of aromatic nitrogens is 4. The summed E-state index contributed by atoms with van der Waals surface area (Å²) >= 11 is 7.21. The first-order chi connectivity index (χ1) is 13.0. The lowest BCUT2D eigenvalue weighted by Crippen LogP contribution is -2.10. The number of carbonyl (C=O) groups excluding carboxylic acids is 1. The molecule has 0 atom stereocenters. The van der Waals surface area contributed by atoms with Crippen LogP contribution < -0.4 is 5.43 Å². The normalized spacial score (nSPS) is 11.5. The van der Waals surface area contributed by atoms with Crippen molar-refractivity contribution in [3.8, 4) is 5.69 Å². The average molecular weight is 401 g/mol. The molecule has 27 heavy (non-hydrogen) atoms. The third kappa shape index (κ3) is 4.53. The largest absolute Gasteiger partial charge is 0.292 e. The van der Waals surface area contributed by atoms with Crippen LogP contribution in [-0.4, -0.2) is 31.0 Å². The predicted octanol–water partition coefficient (Wildman–Crippen LogP) is 4.04. The maximum atomic E-state index is 12.0. The molecule has 0 unspecified atom stereocenters. The van der Waals surface area contributed by atoms with E-state index in [0.29, 0.717) is 10.2 Å². The Morgan fingerprint density at radius 3 is 2.63 bits per heavy atom. The molecule has 2 aromatic carbocycles. The Kier molecular flexibility index (Phi) is 5.88. The standard InChI is InChI=1S/C18H17ClN6OS/c1-11-7-9-14(10-8-11)25-18(22-23-24-25)27-17(13(3)26)21-20-16-6-4-5-15(19)12(16)2/h4-10,20H,1-3H3/b21-17+. The Hall–Kier alpha value is -2.71. The summed E-state index contributed by atoms with van der Waals surface area (Å²) in [5.74, 6) is -0.203. The fourth-order valence-electron chi connectivity index (χ4n) is 2.19. The molecule has 138 valence electrons. The van der Waals surface area contributed by atoms with Gasteiger partial charge in [0.1, 0.15) is 0 Å². The van der Waals surface area contributed by atoms with E-state index in [0.717, 1.165) is 34.3 Å². The van der Waals surface area contributed by atoms with Crippen molar-refractivity contribution >= 4 is 39.9 Å². The number of ketones is 1. The lowest BCUT2D eigenvalue weighted by atomic mass is 10.2. The molecule has 1 heterocycles. The number of benzene rings is 2. The number of carbonyl (C=O) groups is 1. The highest BCUT2D eigenvalue weighted by atomic mass is 35.5. The number of hydrogen-bond acceptors (Lipinski definition) is 7. The van der Waals surface area contributed by atoms with Gasteiger partial charge in [-0.05, 0) is 65.9 Å². The molecule has 1 aromatic heterocycles. The summed E-state index contributed by atoms with van der Waals surface area (Å²) in [5.41, 5.74) is 6.40. The van der Waals surface area contributed by atoms with Gasteiger partial charge in [-0.1, -0.05) is 35.4 Å². The van der Waals surface area contributed by atoms with E-state index >= 15 is 0 Å². The number of Topliss-reactive ketones (excluding diaryl/α,β-unsaturated/α-hetero) is 1. The molecule has 0 bridgehead atoms.